The number of hydrogen-bond donors (Lipinski definition) is 2. The van der Waals surface area contributed by atoms with Crippen LogP contribution in [0.5, 0.6) is 5.75 Å². The molecule has 1 amide bonds. The molecule has 3 N–H and O–H groups in total. The molecule has 0 aromatic heterocycles. The van der Waals surface area contributed by atoms with Gasteiger partial charge in [0.15, 0.2) is 0 Å². The second kappa shape index (κ2) is 7.08. The molecule has 130 valence electrons. The van der Waals surface area contributed by atoms with Crippen molar-refractivity contribution >= 4 is 11.8 Å². The molecule has 0 fully saturated rings. The molecule has 1 unspecified atom stereocenters. The first-order chi connectivity index (χ1) is 10.5. The molecule has 0 aliphatic rings. The zero-order valence-electron chi connectivity index (χ0n) is 13.5. The maximum atomic E-state index is 13.1. The highest BCUT2D eigenvalue weighted by molar-refractivity contribution is 5.85. The average molecular weight is 334 g/mol. The number of carbonyl (C=O) groups excluding carboxylic acids is 1. The molecule has 0 aliphatic carbocycles. The molecular weight excluding hydrogens is 313 g/mol. The molecule has 8 heteroatoms. The molecule has 0 saturated heterocycles. The van der Waals surface area contributed by atoms with Crippen molar-refractivity contribution in [3.8, 4) is 5.75 Å². The van der Waals surface area contributed by atoms with E-state index in [1.54, 1.807) is 20.8 Å². The van der Waals surface area contributed by atoms with Crippen LogP contribution in [0, 0.1) is 0 Å². The van der Waals surface area contributed by atoms with Gasteiger partial charge < -0.3 is 15.2 Å². The van der Waals surface area contributed by atoms with Gasteiger partial charge in [0.1, 0.15) is 11.4 Å². The molecule has 0 spiro atoms. The largest absolute Gasteiger partial charge is 0.496 e. The lowest BCUT2D eigenvalue weighted by Gasteiger charge is -2.23. The highest BCUT2D eigenvalue weighted by Gasteiger charge is 2.41. The van der Waals surface area contributed by atoms with E-state index in [-0.39, 0.29) is 17.0 Å². The minimum Gasteiger partial charge on any atom is -0.496 e. The smallest absolute Gasteiger partial charge is 0.412 e. The van der Waals surface area contributed by atoms with Gasteiger partial charge >= 0.3 is 12.3 Å². The van der Waals surface area contributed by atoms with Crippen molar-refractivity contribution in [2.24, 2.45) is 5.73 Å². The van der Waals surface area contributed by atoms with Gasteiger partial charge in [0.25, 0.3) is 0 Å². The van der Waals surface area contributed by atoms with Crippen LogP contribution in [0.15, 0.2) is 18.2 Å². The summed E-state index contributed by atoms with van der Waals surface area (Å²) in [5, 5.41) is 2.40. The Hall–Kier alpha value is -1.96. The number of benzene rings is 1. The van der Waals surface area contributed by atoms with Crippen LogP contribution in [0.4, 0.5) is 23.7 Å². The second-order valence-electron chi connectivity index (χ2n) is 5.91. The molecule has 0 bridgehead atoms. The lowest BCUT2D eigenvalue weighted by Crippen LogP contribution is -2.29. The summed E-state index contributed by atoms with van der Waals surface area (Å²) in [6, 6.07) is 3.96. The van der Waals surface area contributed by atoms with Gasteiger partial charge in [0.2, 0.25) is 0 Å². The van der Waals surface area contributed by atoms with Crippen molar-refractivity contribution in [2.45, 2.75) is 38.5 Å². The minimum absolute atomic E-state index is 0.0486. The predicted octanol–water partition coefficient (Wildman–Crippen LogP) is 3.65. The molecule has 5 nitrogen and oxygen atoms in total. The van der Waals surface area contributed by atoms with Crippen LogP contribution in [0.2, 0.25) is 0 Å². The van der Waals surface area contributed by atoms with E-state index in [1.165, 1.54) is 25.3 Å². The molecule has 0 radical (unpaired) electrons. The van der Waals surface area contributed by atoms with Crippen molar-refractivity contribution in [3.05, 3.63) is 23.8 Å². The van der Waals surface area contributed by atoms with E-state index in [9.17, 15) is 18.0 Å². The van der Waals surface area contributed by atoms with Crippen LogP contribution in [0.3, 0.4) is 0 Å². The Morgan fingerprint density at radius 2 is 1.91 bits per heavy atom. The number of halogens is 3. The SMILES string of the molecule is COc1ccc(NC(=O)OC(C)(C)C)cc1C(CN)C(F)(F)F. The number of alkyl halides is 3. The zero-order chi connectivity index (χ0) is 17.8. The van der Waals surface area contributed by atoms with Crippen molar-refractivity contribution < 1.29 is 27.4 Å². The fraction of sp³-hybridized carbons (Fsp3) is 0.533. The van der Waals surface area contributed by atoms with E-state index in [2.05, 4.69) is 5.32 Å². The number of rotatable bonds is 4. The van der Waals surface area contributed by atoms with E-state index in [0.717, 1.165) is 0 Å². The number of hydrogen-bond acceptors (Lipinski definition) is 4. The fourth-order valence-electron chi connectivity index (χ4n) is 1.94. The van der Waals surface area contributed by atoms with Crippen molar-refractivity contribution in [2.75, 3.05) is 19.0 Å². The third kappa shape index (κ3) is 5.63. The lowest BCUT2D eigenvalue weighted by molar-refractivity contribution is -0.148. The van der Waals surface area contributed by atoms with E-state index < -0.39 is 30.3 Å². The summed E-state index contributed by atoms with van der Waals surface area (Å²) in [5.74, 6) is -1.84. The summed E-state index contributed by atoms with van der Waals surface area (Å²) in [6.07, 6.45) is -5.28. The Balaban J connectivity index is 3.10. The van der Waals surface area contributed by atoms with Gasteiger partial charge in [-0.15, -0.1) is 0 Å². The van der Waals surface area contributed by atoms with Gasteiger partial charge in [-0.25, -0.2) is 4.79 Å². The van der Waals surface area contributed by atoms with Crippen LogP contribution in [-0.4, -0.2) is 31.5 Å². The topological polar surface area (TPSA) is 73.6 Å². The van der Waals surface area contributed by atoms with Crippen molar-refractivity contribution in [1.82, 2.24) is 0 Å². The van der Waals surface area contributed by atoms with Gasteiger partial charge in [-0.2, -0.15) is 13.2 Å². The third-order valence-corrected chi connectivity index (χ3v) is 2.88. The summed E-state index contributed by atoms with van der Waals surface area (Å²) in [5.41, 5.74) is 4.57. The van der Waals surface area contributed by atoms with Crippen molar-refractivity contribution in [3.63, 3.8) is 0 Å². The number of amides is 1. The first kappa shape index (κ1) is 19.1. The molecule has 0 aliphatic heterocycles. The van der Waals surface area contributed by atoms with Crippen LogP contribution in [0.25, 0.3) is 0 Å². The fourth-order valence-corrected chi connectivity index (χ4v) is 1.94. The zero-order valence-corrected chi connectivity index (χ0v) is 13.5. The van der Waals surface area contributed by atoms with E-state index in [0.29, 0.717) is 0 Å². The summed E-state index contributed by atoms with van der Waals surface area (Å²) in [7, 11) is 1.27. The highest BCUT2D eigenvalue weighted by Crippen LogP contribution is 2.39. The van der Waals surface area contributed by atoms with Gasteiger partial charge in [-0.1, -0.05) is 0 Å². The normalized spacial score (nSPS) is 13.4. The Morgan fingerprint density at radius 1 is 1.30 bits per heavy atom. The third-order valence-electron chi connectivity index (χ3n) is 2.88. The average Bonchev–Trinajstić information content (AvgIpc) is 2.35. The minimum atomic E-state index is -4.52. The molecular formula is C15H21F3N2O3. The predicted molar refractivity (Wildman–Crippen MR) is 80.7 cm³/mol. The molecule has 1 rings (SSSR count). The van der Waals surface area contributed by atoms with Gasteiger partial charge in [-0.05, 0) is 39.0 Å². The standard InChI is InChI=1S/C15H21F3N2O3/c1-14(2,3)23-13(21)20-9-5-6-12(22-4)10(7-9)11(8-19)15(16,17)18/h5-7,11H,8,19H2,1-4H3,(H,20,21). The maximum Gasteiger partial charge on any atom is 0.412 e. The Bertz CT molecular complexity index is 554. The van der Waals surface area contributed by atoms with Crippen LogP contribution in [0.1, 0.15) is 32.3 Å². The number of anilines is 1. The molecule has 23 heavy (non-hydrogen) atoms. The van der Waals surface area contributed by atoms with Gasteiger partial charge in [0, 0.05) is 17.8 Å². The first-order valence-corrected chi connectivity index (χ1v) is 6.92. The highest BCUT2D eigenvalue weighted by atomic mass is 19.4. The monoisotopic (exact) mass is 334 g/mol. The molecule has 1 aromatic carbocycles. The van der Waals surface area contributed by atoms with Crippen LogP contribution < -0.4 is 15.8 Å². The van der Waals surface area contributed by atoms with E-state index in [1.807, 2.05) is 0 Å². The van der Waals surface area contributed by atoms with Gasteiger partial charge in [-0.3, -0.25) is 5.32 Å². The molecule has 1 atom stereocenters. The molecule has 0 heterocycles. The molecule has 1 aromatic rings. The van der Waals surface area contributed by atoms with Crippen molar-refractivity contribution in [1.29, 1.82) is 0 Å². The quantitative estimate of drug-likeness (QED) is 0.881. The Kier molecular flexibility index (Phi) is 5.87. The van der Waals surface area contributed by atoms with Crippen LogP contribution in [-0.2, 0) is 4.74 Å². The second-order valence-corrected chi connectivity index (χ2v) is 5.91. The number of carbonyl (C=O) groups is 1. The number of ether oxygens (including phenoxy) is 2. The van der Waals surface area contributed by atoms with E-state index in [4.69, 9.17) is 15.2 Å². The first-order valence-electron chi connectivity index (χ1n) is 6.92. The Morgan fingerprint density at radius 3 is 2.35 bits per heavy atom. The maximum absolute atomic E-state index is 13.1. The van der Waals surface area contributed by atoms with E-state index >= 15 is 0 Å². The van der Waals surface area contributed by atoms with Gasteiger partial charge in [0.05, 0.1) is 13.0 Å². The number of nitrogens with two attached hydrogens (primary N) is 1. The van der Waals surface area contributed by atoms with Crippen LogP contribution >= 0.6 is 0 Å². The number of nitrogens with one attached hydrogen (secondary N) is 1. The lowest BCUT2D eigenvalue weighted by atomic mass is 9.97. The number of methoxy groups -OCH3 is 1. The summed E-state index contributed by atoms with van der Waals surface area (Å²) in [4.78, 5) is 11.7. The summed E-state index contributed by atoms with van der Waals surface area (Å²) in [6.45, 7) is 4.41. The Labute approximate surface area is 132 Å². The molecule has 0 saturated carbocycles. The summed E-state index contributed by atoms with van der Waals surface area (Å²) >= 11 is 0. The summed E-state index contributed by atoms with van der Waals surface area (Å²) < 4.78 is 49.3.